The number of hydrogen-bond acceptors (Lipinski definition) is 6. The number of carbonyl (C=O) groups is 2. The lowest BCUT2D eigenvalue weighted by Gasteiger charge is -2.31. The third-order valence-corrected chi connectivity index (χ3v) is 8.67. The minimum absolute atomic E-state index is 0.0810. The smallest absolute Gasteiger partial charge is 0.305 e. The molecule has 0 unspecified atom stereocenters. The first kappa shape index (κ1) is 26.1. The molecule has 0 aromatic heterocycles. The van der Waals surface area contributed by atoms with Gasteiger partial charge in [0.25, 0.3) is 5.91 Å². The van der Waals surface area contributed by atoms with Crippen LogP contribution in [-0.2, 0) is 9.59 Å². The van der Waals surface area contributed by atoms with Crippen molar-refractivity contribution in [1.29, 1.82) is 0 Å². The number of thiocarbonyl (C=S) groups is 1. The summed E-state index contributed by atoms with van der Waals surface area (Å²) in [5.41, 5.74) is 3.62. The van der Waals surface area contributed by atoms with Crippen molar-refractivity contribution in [2.24, 2.45) is 5.41 Å². The Morgan fingerprint density at radius 3 is 2.71 bits per heavy atom. The number of hydrogen-bond donors (Lipinski definition) is 1. The van der Waals surface area contributed by atoms with E-state index < -0.39 is 5.97 Å². The number of allylic oxidation sites excluding steroid dienone is 6. The molecule has 1 N–H and O–H groups in total. The minimum Gasteiger partial charge on any atom is -0.481 e. The van der Waals surface area contributed by atoms with Crippen LogP contribution in [0.25, 0.3) is 0 Å². The zero-order chi connectivity index (χ0) is 25.3. The van der Waals surface area contributed by atoms with Crippen LogP contribution in [0.4, 0.5) is 5.69 Å². The number of amides is 1. The number of thioether (sulfide) groups is 2. The quantitative estimate of drug-likeness (QED) is 0.304. The molecular formula is C26H27ClN2O3S3. The van der Waals surface area contributed by atoms with Gasteiger partial charge in [0.2, 0.25) is 0 Å². The SMILES string of the molecule is CCN1C(=CC2=CC(=CC=C3SC(=S)N(CCC(=O)O)C3=O)CC(C)(C)C2)Sc2ccc(Cl)cc21. The van der Waals surface area contributed by atoms with Crippen LogP contribution in [0.5, 0.6) is 0 Å². The van der Waals surface area contributed by atoms with Gasteiger partial charge in [-0.05, 0) is 66.7 Å². The molecule has 1 fully saturated rings. The summed E-state index contributed by atoms with van der Waals surface area (Å²) in [5, 5.41) is 10.8. The molecule has 3 aliphatic rings. The summed E-state index contributed by atoms with van der Waals surface area (Å²) in [5.74, 6) is -1.17. The Bertz CT molecular complexity index is 1220. The minimum atomic E-state index is -0.949. The highest BCUT2D eigenvalue weighted by Crippen LogP contribution is 2.48. The average molecular weight is 547 g/mol. The van der Waals surface area contributed by atoms with Crippen molar-refractivity contribution >= 4 is 69.2 Å². The van der Waals surface area contributed by atoms with Crippen LogP contribution < -0.4 is 4.90 Å². The maximum absolute atomic E-state index is 12.7. The van der Waals surface area contributed by atoms with Crippen molar-refractivity contribution in [3.8, 4) is 0 Å². The fourth-order valence-corrected chi connectivity index (χ4v) is 7.07. The van der Waals surface area contributed by atoms with Crippen molar-refractivity contribution in [3.63, 3.8) is 0 Å². The lowest BCUT2D eigenvalue weighted by Crippen LogP contribution is -2.30. The highest BCUT2D eigenvalue weighted by atomic mass is 35.5. The Morgan fingerprint density at radius 2 is 2.00 bits per heavy atom. The first-order valence-electron chi connectivity index (χ1n) is 11.4. The monoisotopic (exact) mass is 546 g/mol. The molecule has 1 amide bonds. The Balaban J connectivity index is 1.58. The number of carboxylic acid groups (broad SMARTS) is 1. The predicted molar refractivity (Wildman–Crippen MR) is 150 cm³/mol. The van der Waals surface area contributed by atoms with Gasteiger partial charge in [0, 0.05) is 23.0 Å². The number of carbonyl (C=O) groups excluding carboxylic acids is 1. The van der Waals surface area contributed by atoms with Crippen molar-refractivity contribution in [1.82, 2.24) is 4.90 Å². The number of benzene rings is 1. The molecule has 0 radical (unpaired) electrons. The van der Waals surface area contributed by atoms with Crippen molar-refractivity contribution < 1.29 is 14.7 Å². The molecule has 35 heavy (non-hydrogen) atoms. The van der Waals surface area contributed by atoms with Gasteiger partial charge < -0.3 is 10.0 Å². The number of aliphatic carboxylic acids is 1. The van der Waals surface area contributed by atoms with Crippen LogP contribution in [0.1, 0.15) is 40.0 Å². The summed E-state index contributed by atoms with van der Waals surface area (Å²) in [7, 11) is 0. The number of carboxylic acids is 1. The average Bonchev–Trinajstić information content (AvgIpc) is 3.24. The summed E-state index contributed by atoms with van der Waals surface area (Å²) >= 11 is 14.5. The van der Waals surface area contributed by atoms with Crippen molar-refractivity contribution in [2.75, 3.05) is 18.0 Å². The van der Waals surface area contributed by atoms with Gasteiger partial charge in [-0.1, -0.05) is 73.3 Å². The zero-order valence-electron chi connectivity index (χ0n) is 19.8. The molecule has 0 bridgehead atoms. The first-order chi connectivity index (χ1) is 16.6. The van der Waals surface area contributed by atoms with E-state index in [9.17, 15) is 9.59 Å². The maximum atomic E-state index is 12.7. The Hall–Kier alpha value is -2.00. The number of fused-ring (bicyclic) bond motifs is 1. The Labute approximate surface area is 224 Å². The molecule has 9 heteroatoms. The van der Waals surface area contributed by atoms with Gasteiger partial charge in [0.1, 0.15) is 4.32 Å². The fraction of sp³-hybridized carbons (Fsp3) is 0.346. The number of halogens is 1. The maximum Gasteiger partial charge on any atom is 0.305 e. The largest absolute Gasteiger partial charge is 0.481 e. The standard InChI is InChI=1S/C26H27ClN2O3S3/c1-4-28-19-13-18(27)6-8-20(19)34-22(28)12-17-11-16(14-26(2,3)15-17)5-7-21-24(32)29(25(33)35-21)10-9-23(30)31/h5-8,11-13H,4,9-10,14-15H2,1-3H3,(H,30,31). The number of rotatable bonds is 6. The third kappa shape index (κ3) is 6.05. The molecule has 1 saturated heterocycles. The lowest BCUT2D eigenvalue weighted by atomic mass is 9.75. The van der Waals surface area contributed by atoms with Gasteiger partial charge in [-0.15, -0.1) is 0 Å². The van der Waals surface area contributed by atoms with E-state index in [1.807, 2.05) is 24.3 Å². The van der Waals surface area contributed by atoms with Crippen LogP contribution in [-0.4, -0.2) is 39.3 Å². The summed E-state index contributed by atoms with van der Waals surface area (Å²) in [6, 6.07) is 6.02. The van der Waals surface area contributed by atoms with E-state index >= 15 is 0 Å². The molecule has 0 saturated carbocycles. The normalized spacial score (nSPS) is 23.0. The first-order valence-corrected chi connectivity index (χ1v) is 13.8. The topological polar surface area (TPSA) is 60.9 Å². The van der Waals surface area contributed by atoms with Crippen molar-refractivity contribution in [2.45, 2.75) is 44.9 Å². The van der Waals surface area contributed by atoms with Crippen LogP contribution in [0.3, 0.4) is 0 Å². The third-order valence-electron chi connectivity index (χ3n) is 5.93. The van der Waals surface area contributed by atoms with Crippen LogP contribution in [0, 0.1) is 5.41 Å². The summed E-state index contributed by atoms with van der Waals surface area (Å²) in [4.78, 5) is 29.0. The number of nitrogens with zero attached hydrogens (tertiary/aromatic N) is 2. The molecule has 5 nitrogen and oxygen atoms in total. The molecule has 2 heterocycles. The van der Waals surface area contributed by atoms with E-state index in [1.165, 1.54) is 32.2 Å². The van der Waals surface area contributed by atoms with Gasteiger partial charge in [-0.2, -0.15) is 0 Å². The lowest BCUT2D eigenvalue weighted by molar-refractivity contribution is -0.137. The van der Waals surface area contributed by atoms with Gasteiger partial charge in [-0.3, -0.25) is 14.5 Å². The molecule has 1 aromatic rings. The van der Waals surface area contributed by atoms with Gasteiger partial charge >= 0.3 is 5.97 Å². The molecule has 2 aliphatic heterocycles. The Kier molecular flexibility index (Phi) is 7.86. The summed E-state index contributed by atoms with van der Waals surface area (Å²) < 4.78 is 0.406. The van der Waals surface area contributed by atoms with Gasteiger partial charge in [0.05, 0.1) is 22.0 Å². The molecule has 1 aromatic carbocycles. The second-order valence-corrected chi connectivity index (χ2v) is 12.6. The van der Waals surface area contributed by atoms with Crippen molar-refractivity contribution in [3.05, 3.63) is 68.6 Å². The summed E-state index contributed by atoms with van der Waals surface area (Å²) in [6.07, 6.45) is 10.0. The highest BCUT2D eigenvalue weighted by Gasteiger charge is 2.32. The molecular weight excluding hydrogens is 520 g/mol. The molecule has 0 atom stereocenters. The van der Waals surface area contributed by atoms with E-state index in [1.54, 1.807) is 11.8 Å². The van der Waals surface area contributed by atoms with Crippen LogP contribution in [0.2, 0.25) is 5.02 Å². The number of anilines is 1. The molecule has 1 aliphatic carbocycles. The molecule has 0 spiro atoms. The fourth-order valence-electron chi connectivity index (χ4n) is 4.47. The van der Waals surface area contributed by atoms with E-state index in [2.05, 4.69) is 43.9 Å². The molecule has 4 rings (SSSR count). The Morgan fingerprint density at radius 1 is 1.23 bits per heavy atom. The van der Waals surface area contributed by atoms with Gasteiger partial charge in [0.15, 0.2) is 0 Å². The van der Waals surface area contributed by atoms with E-state index in [0.29, 0.717) is 9.23 Å². The second kappa shape index (κ2) is 10.5. The molecule has 184 valence electrons. The van der Waals surface area contributed by atoms with Crippen LogP contribution >= 0.6 is 47.3 Å². The summed E-state index contributed by atoms with van der Waals surface area (Å²) in [6.45, 7) is 7.60. The predicted octanol–water partition coefficient (Wildman–Crippen LogP) is 7.01. The van der Waals surface area contributed by atoms with E-state index in [-0.39, 0.29) is 24.3 Å². The van der Waals surface area contributed by atoms with Crippen LogP contribution in [0.15, 0.2) is 68.5 Å². The van der Waals surface area contributed by atoms with E-state index in [4.69, 9.17) is 28.9 Å². The second-order valence-electron chi connectivity index (χ2n) is 9.42. The van der Waals surface area contributed by atoms with Gasteiger partial charge in [-0.25, -0.2) is 0 Å². The highest BCUT2D eigenvalue weighted by molar-refractivity contribution is 8.26. The zero-order valence-corrected chi connectivity index (χ0v) is 23.0. The van der Waals surface area contributed by atoms with E-state index in [0.717, 1.165) is 35.7 Å².